The molecule has 0 bridgehead atoms. The van der Waals surface area contributed by atoms with Crippen molar-refractivity contribution in [3.8, 4) is 11.4 Å². The summed E-state index contributed by atoms with van der Waals surface area (Å²) >= 11 is 0. The predicted octanol–water partition coefficient (Wildman–Crippen LogP) is 4.10. The average Bonchev–Trinajstić information content (AvgIpc) is 2.91. The Kier molecular flexibility index (Phi) is 4.36. The summed E-state index contributed by atoms with van der Waals surface area (Å²) in [5.41, 5.74) is 3.57. The van der Waals surface area contributed by atoms with Crippen LogP contribution in [0, 0.1) is 19.7 Å². The Bertz CT molecular complexity index is 944. The number of nitrogens with one attached hydrogen (secondary N) is 2. The highest BCUT2D eigenvalue weighted by molar-refractivity contribution is 5.92. The molecule has 5 nitrogen and oxygen atoms in total. The number of anilines is 1. The van der Waals surface area contributed by atoms with E-state index in [9.17, 15) is 9.50 Å². The number of aryl methyl sites for hydroxylation is 2. The van der Waals surface area contributed by atoms with Crippen molar-refractivity contribution in [1.82, 2.24) is 15.0 Å². The van der Waals surface area contributed by atoms with E-state index >= 15 is 0 Å². The maximum atomic E-state index is 13.6. The van der Waals surface area contributed by atoms with Crippen molar-refractivity contribution < 1.29 is 9.50 Å². The highest BCUT2D eigenvalue weighted by atomic mass is 19.1. The zero-order chi connectivity index (χ0) is 18.3. The topological polar surface area (TPSA) is 73.8 Å². The van der Waals surface area contributed by atoms with Gasteiger partial charge >= 0.3 is 0 Å². The van der Waals surface area contributed by atoms with Crippen LogP contribution in [0.2, 0.25) is 0 Å². The van der Waals surface area contributed by atoms with Crippen LogP contribution in [-0.2, 0) is 0 Å². The minimum absolute atomic E-state index is 0.197. The van der Waals surface area contributed by atoms with E-state index in [4.69, 9.17) is 4.98 Å². The van der Waals surface area contributed by atoms with Gasteiger partial charge in [-0.2, -0.15) is 0 Å². The first kappa shape index (κ1) is 17.0. The molecule has 0 radical (unpaired) electrons. The Morgan fingerprint density at radius 1 is 1.15 bits per heavy atom. The lowest BCUT2D eigenvalue weighted by atomic mass is 9.93. The normalized spacial score (nSPS) is 20.5. The molecule has 1 aliphatic rings. The van der Waals surface area contributed by atoms with Gasteiger partial charge in [-0.25, -0.2) is 14.4 Å². The molecule has 26 heavy (non-hydrogen) atoms. The lowest BCUT2D eigenvalue weighted by molar-refractivity contribution is 0.126. The van der Waals surface area contributed by atoms with Gasteiger partial charge in [0.1, 0.15) is 17.3 Å². The van der Waals surface area contributed by atoms with E-state index in [1.54, 1.807) is 6.07 Å². The minimum atomic E-state index is -0.305. The SMILES string of the molecule is Cc1[nH]c2nc(-c3cccc(F)c3)nc(N[C@H]3CC[C@H](O)CC3)c2c1C. The average molecular weight is 354 g/mol. The predicted molar refractivity (Wildman–Crippen MR) is 101 cm³/mol. The number of halogens is 1. The fraction of sp³-hybridized carbons (Fsp3) is 0.400. The molecule has 1 aromatic carbocycles. The zero-order valence-electron chi connectivity index (χ0n) is 15.0. The second kappa shape index (κ2) is 6.68. The second-order valence-electron chi connectivity index (χ2n) is 7.15. The summed E-state index contributed by atoms with van der Waals surface area (Å²) in [5.74, 6) is 0.968. The number of aromatic amines is 1. The van der Waals surface area contributed by atoms with Gasteiger partial charge in [0.15, 0.2) is 5.82 Å². The molecule has 2 heterocycles. The molecule has 0 spiro atoms. The van der Waals surface area contributed by atoms with E-state index in [0.717, 1.165) is 53.8 Å². The quantitative estimate of drug-likeness (QED) is 0.662. The molecule has 3 N–H and O–H groups in total. The summed E-state index contributed by atoms with van der Waals surface area (Å²) in [6.45, 7) is 4.06. The van der Waals surface area contributed by atoms with Crippen molar-refractivity contribution in [2.75, 3.05) is 5.32 Å². The van der Waals surface area contributed by atoms with Gasteiger partial charge < -0.3 is 15.4 Å². The molecular weight excluding hydrogens is 331 g/mol. The molecule has 0 atom stereocenters. The third-order valence-electron chi connectivity index (χ3n) is 5.27. The maximum Gasteiger partial charge on any atom is 0.164 e. The molecule has 1 aliphatic carbocycles. The van der Waals surface area contributed by atoms with Gasteiger partial charge in [-0.1, -0.05) is 12.1 Å². The number of hydrogen-bond acceptors (Lipinski definition) is 4. The summed E-state index contributed by atoms with van der Waals surface area (Å²) in [6, 6.07) is 6.61. The van der Waals surface area contributed by atoms with Crippen LogP contribution in [0.15, 0.2) is 24.3 Å². The molecular formula is C20H23FN4O. The second-order valence-corrected chi connectivity index (χ2v) is 7.15. The number of rotatable bonds is 3. The first-order valence-electron chi connectivity index (χ1n) is 9.08. The van der Waals surface area contributed by atoms with Gasteiger partial charge in [-0.3, -0.25) is 0 Å². The van der Waals surface area contributed by atoms with E-state index in [2.05, 4.69) is 22.2 Å². The van der Waals surface area contributed by atoms with Gasteiger partial charge in [0.05, 0.1) is 11.5 Å². The van der Waals surface area contributed by atoms with Crippen LogP contribution < -0.4 is 5.32 Å². The smallest absolute Gasteiger partial charge is 0.164 e. The van der Waals surface area contributed by atoms with Gasteiger partial charge in [-0.15, -0.1) is 0 Å². The summed E-state index contributed by atoms with van der Waals surface area (Å²) in [6.07, 6.45) is 3.22. The van der Waals surface area contributed by atoms with Gasteiger partial charge in [0.2, 0.25) is 0 Å². The summed E-state index contributed by atoms with van der Waals surface area (Å²) < 4.78 is 13.6. The minimum Gasteiger partial charge on any atom is -0.393 e. The van der Waals surface area contributed by atoms with Crippen molar-refractivity contribution in [2.24, 2.45) is 0 Å². The standard InChI is InChI=1S/C20H23FN4O/c1-11-12(2)22-19-17(11)20(23-15-6-8-16(26)9-7-15)25-18(24-19)13-4-3-5-14(21)10-13/h3-5,10,15-16,26H,6-9H2,1-2H3,(H2,22,23,24,25)/t15-,16-. The molecule has 3 aromatic rings. The van der Waals surface area contributed by atoms with Crippen molar-refractivity contribution in [2.45, 2.75) is 51.7 Å². The lowest BCUT2D eigenvalue weighted by Crippen LogP contribution is -2.28. The van der Waals surface area contributed by atoms with Crippen LogP contribution in [0.4, 0.5) is 10.2 Å². The molecule has 0 aliphatic heterocycles. The fourth-order valence-electron chi connectivity index (χ4n) is 3.64. The molecule has 2 aromatic heterocycles. The van der Waals surface area contributed by atoms with E-state index in [0.29, 0.717) is 11.4 Å². The van der Waals surface area contributed by atoms with E-state index in [1.165, 1.54) is 12.1 Å². The van der Waals surface area contributed by atoms with Gasteiger partial charge in [0.25, 0.3) is 0 Å². The number of H-pyrrole nitrogens is 1. The molecule has 136 valence electrons. The largest absolute Gasteiger partial charge is 0.393 e. The van der Waals surface area contributed by atoms with Gasteiger partial charge in [0, 0.05) is 17.3 Å². The molecule has 1 fully saturated rings. The lowest BCUT2D eigenvalue weighted by Gasteiger charge is -2.27. The number of aliphatic hydroxyl groups is 1. The third-order valence-corrected chi connectivity index (χ3v) is 5.27. The number of nitrogens with zero attached hydrogens (tertiary/aromatic N) is 2. The van der Waals surface area contributed by atoms with Crippen LogP contribution in [0.3, 0.4) is 0 Å². The summed E-state index contributed by atoms with van der Waals surface area (Å²) in [4.78, 5) is 12.7. The van der Waals surface area contributed by atoms with E-state index in [-0.39, 0.29) is 18.0 Å². The van der Waals surface area contributed by atoms with Crippen LogP contribution in [-0.4, -0.2) is 32.2 Å². The van der Waals surface area contributed by atoms with Crippen LogP contribution in [0.25, 0.3) is 22.4 Å². The Morgan fingerprint density at radius 3 is 2.65 bits per heavy atom. The summed E-state index contributed by atoms with van der Waals surface area (Å²) in [5, 5.41) is 14.3. The Balaban J connectivity index is 1.78. The Morgan fingerprint density at radius 2 is 1.92 bits per heavy atom. The molecule has 0 saturated heterocycles. The number of aliphatic hydroxyl groups excluding tert-OH is 1. The molecule has 4 rings (SSSR count). The number of benzene rings is 1. The highest BCUT2D eigenvalue weighted by Crippen LogP contribution is 2.31. The summed E-state index contributed by atoms with van der Waals surface area (Å²) in [7, 11) is 0. The molecule has 0 unspecified atom stereocenters. The monoisotopic (exact) mass is 354 g/mol. The van der Waals surface area contributed by atoms with Crippen LogP contribution >= 0.6 is 0 Å². The van der Waals surface area contributed by atoms with E-state index < -0.39 is 0 Å². The van der Waals surface area contributed by atoms with Crippen molar-refractivity contribution in [3.63, 3.8) is 0 Å². The van der Waals surface area contributed by atoms with Crippen molar-refractivity contribution in [1.29, 1.82) is 0 Å². The van der Waals surface area contributed by atoms with Crippen LogP contribution in [0.5, 0.6) is 0 Å². The zero-order valence-corrected chi connectivity index (χ0v) is 15.0. The third kappa shape index (κ3) is 3.17. The van der Waals surface area contributed by atoms with Crippen molar-refractivity contribution >= 4 is 16.9 Å². The number of hydrogen-bond donors (Lipinski definition) is 3. The maximum absolute atomic E-state index is 13.6. The fourth-order valence-corrected chi connectivity index (χ4v) is 3.64. The van der Waals surface area contributed by atoms with E-state index in [1.807, 2.05) is 13.0 Å². The van der Waals surface area contributed by atoms with Gasteiger partial charge in [-0.05, 0) is 57.2 Å². The highest BCUT2D eigenvalue weighted by Gasteiger charge is 2.22. The van der Waals surface area contributed by atoms with Crippen molar-refractivity contribution in [3.05, 3.63) is 41.3 Å². The molecule has 0 amide bonds. The molecule has 1 saturated carbocycles. The Labute approximate surface area is 151 Å². The first-order valence-corrected chi connectivity index (χ1v) is 9.08. The first-order chi connectivity index (χ1) is 12.5. The number of aromatic nitrogens is 3. The van der Waals surface area contributed by atoms with Crippen LogP contribution in [0.1, 0.15) is 36.9 Å². The Hall–Kier alpha value is -2.47. The number of fused-ring (bicyclic) bond motifs is 1. The molecule has 6 heteroatoms.